The van der Waals surface area contributed by atoms with Crippen molar-refractivity contribution in [3.05, 3.63) is 29.8 Å². The van der Waals surface area contributed by atoms with Gasteiger partial charge in [0.2, 0.25) is 0 Å². The fourth-order valence-electron chi connectivity index (χ4n) is 1.48. The third-order valence-electron chi connectivity index (χ3n) is 2.18. The van der Waals surface area contributed by atoms with Crippen LogP contribution in [0.1, 0.15) is 12.5 Å². The summed E-state index contributed by atoms with van der Waals surface area (Å²) in [5, 5.41) is 0. The Balaban J connectivity index is 2.31. The van der Waals surface area contributed by atoms with Gasteiger partial charge in [-0.2, -0.15) is 0 Å². The van der Waals surface area contributed by atoms with Crippen molar-refractivity contribution in [3.63, 3.8) is 0 Å². The standard InChI is InChI=1S/C12H15NO2/c1-9(13)5-6-10-3-2-4-11-12(10)15-8-7-14-11/h2-6,9H,7-8,13H2,1H3/b6-5+. The second kappa shape index (κ2) is 4.36. The monoisotopic (exact) mass is 205 g/mol. The van der Waals surface area contributed by atoms with Crippen molar-refractivity contribution in [3.8, 4) is 11.5 Å². The predicted octanol–water partition coefficient (Wildman–Crippen LogP) is 1.82. The van der Waals surface area contributed by atoms with E-state index in [-0.39, 0.29) is 6.04 Å². The van der Waals surface area contributed by atoms with Gasteiger partial charge < -0.3 is 15.2 Å². The van der Waals surface area contributed by atoms with Crippen LogP contribution in [0.15, 0.2) is 24.3 Å². The number of nitrogens with two attached hydrogens (primary N) is 1. The van der Waals surface area contributed by atoms with Crippen molar-refractivity contribution in [2.24, 2.45) is 5.73 Å². The first-order valence-electron chi connectivity index (χ1n) is 5.10. The van der Waals surface area contributed by atoms with Crippen molar-refractivity contribution in [2.45, 2.75) is 13.0 Å². The lowest BCUT2D eigenvalue weighted by atomic mass is 10.1. The van der Waals surface area contributed by atoms with Crippen LogP contribution in [0, 0.1) is 0 Å². The summed E-state index contributed by atoms with van der Waals surface area (Å²) in [7, 11) is 0. The van der Waals surface area contributed by atoms with Crippen LogP contribution in [0.2, 0.25) is 0 Å². The van der Waals surface area contributed by atoms with Crippen LogP contribution in [0.5, 0.6) is 11.5 Å². The first-order chi connectivity index (χ1) is 7.27. The molecule has 3 nitrogen and oxygen atoms in total. The van der Waals surface area contributed by atoms with Crippen LogP contribution in [0.4, 0.5) is 0 Å². The highest BCUT2D eigenvalue weighted by Crippen LogP contribution is 2.34. The number of ether oxygens (including phenoxy) is 2. The number of hydrogen-bond donors (Lipinski definition) is 1. The number of hydrogen-bond acceptors (Lipinski definition) is 3. The van der Waals surface area contributed by atoms with Crippen LogP contribution in [-0.2, 0) is 0 Å². The minimum absolute atomic E-state index is 0.0466. The average molecular weight is 205 g/mol. The van der Waals surface area contributed by atoms with Gasteiger partial charge in [0.15, 0.2) is 11.5 Å². The zero-order valence-electron chi connectivity index (χ0n) is 8.77. The molecule has 1 atom stereocenters. The molecule has 3 heteroatoms. The molecular weight excluding hydrogens is 190 g/mol. The summed E-state index contributed by atoms with van der Waals surface area (Å²) in [5.74, 6) is 1.63. The van der Waals surface area contributed by atoms with Gasteiger partial charge >= 0.3 is 0 Å². The van der Waals surface area contributed by atoms with Crippen LogP contribution in [0.25, 0.3) is 6.08 Å². The van der Waals surface area contributed by atoms with Crippen LogP contribution >= 0.6 is 0 Å². The number of para-hydroxylation sites is 1. The predicted molar refractivity (Wildman–Crippen MR) is 60.1 cm³/mol. The molecule has 1 aromatic carbocycles. The second-order valence-electron chi connectivity index (χ2n) is 3.59. The molecule has 80 valence electrons. The van der Waals surface area contributed by atoms with Gasteiger partial charge in [-0.15, -0.1) is 0 Å². The van der Waals surface area contributed by atoms with Gasteiger partial charge in [0.1, 0.15) is 13.2 Å². The summed E-state index contributed by atoms with van der Waals surface area (Å²) in [4.78, 5) is 0. The van der Waals surface area contributed by atoms with E-state index in [1.165, 1.54) is 0 Å². The molecule has 1 unspecified atom stereocenters. The quantitative estimate of drug-likeness (QED) is 0.801. The fourth-order valence-corrected chi connectivity index (χ4v) is 1.48. The maximum absolute atomic E-state index is 5.66. The van der Waals surface area contributed by atoms with Crippen molar-refractivity contribution in [1.82, 2.24) is 0 Å². The molecule has 0 saturated carbocycles. The van der Waals surface area contributed by atoms with Crippen LogP contribution in [0.3, 0.4) is 0 Å². The Morgan fingerprint density at radius 2 is 2.13 bits per heavy atom. The molecule has 0 amide bonds. The smallest absolute Gasteiger partial charge is 0.168 e. The lowest BCUT2D eigenvalue weighted by molar-refractivity contribution is 0.171. The molecule has 0 aromatic heterocycles. The van der Waals surface area contributed by atoms with Crippen molar-refractivity contribution in [1.29, 1.82) is 0 Å². The van der Waals surface area contributed by atoms with E-state index in [4.69, 9.17) is 15.2 Å². The average Bonchev–Trinajstić information content (AvgIpc) is 2.26. The first-order valence-corrected chi connectivity index (χ1v) is 5.10. The topological polar surface area (TPSA) is 44.5 Å². The van der Waals surface area contributed by atoms with Gasteiger partial charge in [0.25, 0.3) is 0 Å². The van der Waals surface area contributed by atoms with E-state index in [0.29, 0.717) is 13.2 Å². The molecule has 2 N–H and O–H groups in total. The molecule has 0 spiro atoms. The summed E-state index contributed by atoms with van der Waals surface area (Å²) in [5.41, 5.74) is 6.68. The van der Waals surface area contributed by atoms with E-state index in [9.17, 15) is 0 Å². The molecule has 0 saturated heterocycles. The zero-order chi connectivity index (χ0) is 10.7. The largest absolute Gasteiger partial charge is 0.486 e. The van der Waals surface area contributed by atoms with Gasteiger partial charge in [-0.3, -0.25) is 0 Å². The highest BCUT2D eigenvalue weighted by Gasteiger charge is 2.13. The lowest BCUT2D eigenvalue weighted by Gasteiger charge is -2.19. The Kier molecular flexibility index (Phi) is 2.92. The van der Waals surface area contributed by atoms with E-state index in [1.54, 1.807) is 0 Å². The highest BCUT2D eigenvalue weighted by molar-refractivity contribution is 5.62. The Morgan fingerprint density at radius 3 is 2.93 bits per heavy atom. The Labute approximate surface area is 89.5 Å². The maximum Gasteiger partial charge on any atom is 0.168 e. The van der Waals surface area contributed by atoms with Crippen LogP contribution in [-0.4, -0.2) is 19.3 Å². The molecule has 0 fully saturated rings. The Hall–Kier alpha value is -1.48. The first kappa shape index (κ1) is 10.1. The molecule has 0 bridgehead atoms. The summed E-state index contributed by atoms with van der Waals surface area (Å²) in [6.45, 7) is 3.16. The van der Waals surface area contributed by atoms with Crippen LogP contribution < -0.4 is 15.2 Å². The van der Waals surface area contributed by atoms with Crippen molar-refractivity contribution in [2.75, 3.05) is 13.2 Å². The molecule has 0 aliphatic carbocycles. The number of benzene rings is 1. The minimum atomic E-state index is 0.0466. The number of rotatable bonds is 2. The molecule has 1 aliphatic rings. The minimum Gasteiger partial charge on any atom is -0.486 e. The second-order valence-corrected chi connectivity index (χ2v) is 3.59. The van der Waals surface area contributed by atoms with E-state index in [1.807, 2.05) is 37.3 Å². The number of fused-ring (bicyclic) bond motifs is 1. The summed E-state index contributed by atoms with van der Waals surface area (Å²) >= 11 is 0. The normalized spacial score (nSPS) is 16.7. The molecule has 0 radical (unpaired) electrons. The van der Waals surface area contributed by atoms with Gasteiger partial charge in [0, 0.05) is 11.6 Å². The van der Waals surface area contributed by atoms with Crippen molar-refractivity contribution >= 4 is 6.08 Å². The molecular formula is C12H15NO2. The van der Waals surface area contributed by atoms with E-state index in [0.717, 1.165) is 17.1 Å². The summed E-state index contributed by atoms with van der Waals surface area (Å²) in [6.07, 6.45) is 3.91. The third-order valence-corrected chi connectivity index (χ3v) is 2.18. The lowest BCUT2D eigenvalue weighted by Crippen LogP contribution is -2.16. The van der Waals surface area contributed by atoms with Gasteiger partial charge in [0.05, 0.1) is 0 Å². The van der Waals surface area contributed by atoms with E-state index < -0.39 is 0 Å². The third kappa shape index (κ3) is 2.30. The van der Waals surface area contributed by atoms with Gasteiger partial charge in [-0.25, -0.2) is 0 Å². The zero-order valence-corrected chi connectivity index (χ0v) is 8.77. The summed E-state index contributed by atoms with van der Waals surface area (Å²) < 4.78 is 11.1. The van der Waals surface area contributed by atoms with E-state index >= 15 is 0 Å². The molecule has 1 aliphatic heterocycles. The fraction of sp³-hybridized carbons (Fsp3) is 0.333. The maximum atomic E-state index is 5.66. The SMILES string of the molecule is CC(N)/C=C/c1cccc2c1OCCO2. The molecule has 2 rings (SSSR count). The Bertz CT molecular complexity index is 372. The summed E-state index contributed by atoms with van der Waals surface area (Å²) in [6, 6.07) is 5.91. The van der Waals surface area contributed by atoms with E-state index in [2.05, 4.69) is 0 Å². The molecule has 1 heterocycles. The van der Waals surface area contributed by atoms with Gasteiger partial charge in [-0.05, 0) is 13.0 Å². The van der Waals surface area contributed by atoms with Gasteiger partial charge in [-0.1, -0.05) is 24.3 Å². The Morgan fingerprint density at radius 1 is 1.33 bits per heavy atom. The highest BCUT2D eigenvalue weighted by atomic mass is 16.6. The molecule has 1 aromatic rings. The molecule has 15 heavy (non-hydrogen) atoms. The van der Waals surface area contributed by atoms with Crippen molar-refractivity contribution < 1.29 is 9.47 Å².